The molecule has 0 radical (unpaired) electrons. The lowest BCUT2D eigenvalue weighted by molar-refractivity contribution is -0.123. The molecule has 0 bridgehead atoms. The number of hydrogen-bond donors (Lipinski definition) is 0. The molecule has 0 amide bonds. The van der Waals surface area contributed by atoms with Gasteiger partial charge >= 0.3 is 0 Å². The first-order valence-corrected chi connectivity index (χ1v) is 6.22. The summed E-state index contributed by atoms with van der Waals surface area (Å²) in [5.41, 5.74) is 1.40. The Morgan fingerprint density at radius 3 is 2.93 bits per heavy atom. The molecule has 0 spiro atoms. The molecule has 1 fully saturated rings. The molecule has 1 aliphatic heterocycles. The van der Waals surface area contributed by atoms with Gasteiger partial charge in [-0.25, -0.2) is 0 Å². The molecule has 2 atom stereocenters. The summed E-state index contributed by atoms with van der Waals surface area (Å²) in [7, 11) is 0. The molecule has 0 aromatic heterocycles. The fourth-order valence-electron chi connectivity index (χ4n) is 2.50. The molecule has 14 heavy (non-hydrogen) atoms. The second kappa shape index (κ2) is 3.41. The molecule has 2 aliphatic rings. The van der Waals surface area contributed by atoms with Crippen LogP contribution in [-0.4, -0.2) is 15.8 Å². The molecule has 1 aliphatic carbocycles. The Morgan fingerprint density at radius 1 is 1.50 bits per heavy atom. The third-order valence-electron chi connectivity index (χ3n) is 3.17. The smallest absolute Gasteiger partial charge is 0.138 e. The van der Waals surface area contributed by atoms with Crippen LogP contribution in [0.2, 0.25) is 0 Å². The van der Waals surface area contributed by atoms with Crippen LogP contribution in [0.25, 0.3) is 0 Å². The van der Waals surface area contributed by atoms with Gasteiger partial charge < -0.3 is 0 Å². The Morgan fingerprint density at radius 2 is 2.21 bits per heavy atom. The van der Waals surface area contributed by atoms with Crippen molar-refractivity contribution in [1.82, 2.24) is 0 Å². The number of allylic oxidation sites excluding steroid dienone is 2. The van der Waals surface area contributed by atoms with Crippen LogP contribution in [0.3, 0.4) is 0 Å². The maximum atomic E-state index is 11.9. The standard InChI is InChI=1S/C12H18OS/c1-8-4-5-11-9(6-8)10(13)7-12(2,3)14-11/h4,9,11H,5-7H2,1-3H3/t9-,11-/m0/s1. The predicted molar refractivity (Wildman–Crippen MR) is 61.6 cm³/mol. The summed E-state index contributed by atoms with van der Waals surface area (Å²) in [5.74, 6) is 0.809. The van der Waals surface area contributed by atoms with Gasteiger partial charge in [-0.15, -0.1) is 0 Å². The van der Waals surface area contributed by atoms with E-state index < -0.39 is 0 Å². The van der Waals surface area contributed by atoms with E-state index in [1.54, 1.807) is 0 Å². The van der Waals surface area contributed by atoms with Crippen molar-refractivity contribution >= 4 is 17.5 Å². The molecule has 1 heterocycles. The lowest BCUT2D eigenvalue weighted by atomic mass is 9.82. The number of hydrogen-bond acceptors (Lipinski definition) is 2. The zero-order chi connectivity index (χ0) is 10.3. The molecule has 0 saturated carbocycles. The lowest BCUT2D eigenvalue weighted by Gasteiger charge is -2.41. The van der Waals surface area contributed by atoms with Crippen molar-refractivity contribution in [3.05, 3.63) is 11.6 Å². The van der Waals surface area contributed by atoms with Crippen LogP contribution in [0, 0.1) is 5.92 Å². The number of fused-ring (bicyclic) bond motifs is 1. The summed E-state index contributed by atoms with van der Waals surface area (Å²) in [6, 6.07) is 0. The quantitative estimate of drug-likeness (QED) is 0.571. The average Bonchev–Trinajstić information content (AvgIpc) is 2.05. The van der Waals surface area contributed by atoms with E-state index in [2.05, 4.69) is 26.8 Å². The highest BCUT2D eigenvalue weighted by molar-refractivity contribution is 8.01. The number of rotatable bonds is 0. The highest BCUT2D eigenvalue weighted by atomic mass is 32.2. The number of carbonyl (C=O) groups excluding carboxylic acids is 1. The second-order valence-electron chi connectivity index (χ2n) is 5.16. The summed E-state index contributed by atoms with van der Waals surface area (Å²) in [6.45, 7) is 6.53. The van der Waals surface area contributed by atoms with Crippen molar-refractivity contribution < 1.29 is 4.79 Å². The third kappa shape index (κ3) is 1.90. The molecule has 1 nitrogen and oxygen atoms in total. The van der Waals surface area contributed by atoms with E-state index in [9.17, 15) is 4.79 Å². The van der Waals surface area contributed by atoms with E-state index >= 15 is 0 Å². The van der Waals surface area contributed by atoms with E-state index in [0.29, 0.717) is 17.0 Å². The SMILES string of the molecule is CC1=CC[C@@H]2SC(C)(C)CC(=O)[C@@H]2C1. The fourth-order valence-corrected chi connectivity index (χ4v) is 4.15. The molecule has 78 valence electrons. The van der Waals surface area contributed by atoms with Gasteiger partial charge in [0.15, 0.2) is 0 Å². The monoisotopic (exact) mass is 210 g/mol. The van der Waals surface area contributed by atoms with E-state index in [-0.39, 0.29) is 4.75 Å². The van der Waals surface area contributed by atoms with Crippen LogP contribution in [0.1, 0.15) is 40.0 Å². The zero-order valence-corrected chi connectivity index (χ0v) is 9.99. The first-order valence-electron chi connectivity index (χ1n) is 5.34. The highest BCUT2D eigenvalue weighted by Gasteiger charge is 2.41. The van der Waals surface area contributed by atoms with E-state index in [1.807, 2.05) is 11.8 Å². The minimum atomic E-state index is 0.164. The predicted octanol–water partition coefficient (Wildman–Crippen LogP) is 3.20. The Labute approximate surface area is 90.3 Å². The lowest BCUT2D eigenvalue weighted by Crippen LogP contribution is -2.40. The van der Waals surface area contributed by atoms with Crippen molar-refractivity contribution in [3.63, 3.8) is 0 Å². The topological polar surface area (TPSA) is 17.1 Å². The molecular weight excluding hydrogens is 192 g/mol. The maximum Gasteiger partial charge on any atom is 0.138 e. The minimum absolute atomic E-state index is 0.164. The van der Waals surface area contributed by atoms with Crippen molar-refractivity contribution in [2.24, 2.45) is 5.92 Å². The summed E-state index contributed by atoms with van der Waals surface area (Å²) >= 11 is 2.01. The van der Waals surface area contributed by atoms with Crippen LogP contribution in [0.4, 0.5) is 0 Å². The number of thioether (sulfide) groups is 1. The largest absolute Gasteiger partial charge is 0.299 e. The molecule has 0 N–H and O–H groups in total. The first kappa shape index (κ1) is 10.3. The molecule has 1 saturated heterocycles. The summed E-state index contributed by atoms with van der Waals surface area (Å²) < 4.78 is 0.164. The Kier molecular flexibility index (Phi) is 2.50. The van der Waals surface area contributed by atoms with Gasteiger partial charge in [-0.3, -0.25) is 4.79 Å². The van der Waals surface area contributed by atoms with Gasteiger partial charge in [-0.1, -0.05) is 25.5 Å². The van der Waals surface area contributed by atoms with Crippen LogP contribution >= 0.6 is 11.8 Å². The second-order valence-corrected chi connectivity index (χ2v) is 7.10. The normalized spacial score (nSPS) is 36.2. The van der Waals surface area contributed by atoms with Gasteiger partial charge in [0.1, 0.15) is 5.78 Å². The molecule has 2 rings (SSSR count). The minimum Gasteiger partial charge on any atom is -0.299 e. The Bertz CT molecular complexity index is 291. The molecular formula is C12H18OS. The zero-order valence-electron chi connectivity index (χ0n) is 9.17. The number of Topliss-reactive ketones (excluding diaryl/α,β-unsaturated/α-hetero) is 1. The third-order valence-corrected chi connectivity index (χ3v) is 4.78. The van der Waals surface area contributed by atoms with Gasteiger partial charge in [-0.2, -0.15) is 11.8 Å². The maximum absolute atomic E-state index is 11.9. The van der Waals surface area contributed by atoms with Crippen LogP contribution < -0.4 is 0 Å². The van der Waals surface area contributed by atoms with Crippen LogP contribution in [0.15, 0.2) is 11.6 Å². The van der Waals surface area contributed by atoms with Crippen molar-refractivity contribution in [1.29, 1.82) is 0 Å². The molecule has 0 unspecified atom stereocenters. The van der Waals surface area contributed by atoms with E-state index in [1.165, 1.54) is 5.57 Å². The van der Waals surface area contributed by atoms with Gasteiger partial charge in [0.2, 0.25) is 0 Å². The van der Waals surface area contributed by atoms with Crippen LogP contribution in [0.5, 0.6) is 0 Å². The highest BCUT2D eigenvalue weighted by Crippen LogP contribution is 2.46. The van der Waals surface area contributed by atoms with Gasteiger partial charge in [0, 0.05) is 22.3 Å². The van der Waals surface area contributed by atoms with Gasteiger partial charge in [0.05, 0.1) is 0 Å². The number of carbonyl (C=O) groups is 1. The summed E-state index contributed by atoms with van der Waals surface area (Å²) in [5, 5.41) is 0.551. The summed E-state index contributed by atoms with van der Waals surface area (Å²) in [6.07, 6.45) is 5.16. The first-order chi connectivity index (χ1) is 6.48. The van der Waals surface area contributed by atoms with Crippen molar-refractivity contribution in [2.75, 3.05) is 0 Å². The molecule has 2 heteroatoms. The summed E-state index contributed by atoms with van der Waals surface area (Å²) in [4.78, 5) is 11.9. The molecule has 0 aromatic rings. The van der Waals surface area contributed by atoms with Crippen molar-refractivity contribution in [2.45, 2.75) is 50.0 Å². The van der Waals surface area contributed by atoms with E-state index in [4.69, 9.17) is 0 Å². The van der Waals surface area contributed by atoms with Gasteiger partial charge in [0.25, 0.3) is 0 Å². The fraction of sp³-hybridized carbons (Fsp3) is 0.750. The number of ketones is 1. The van der Waals surface area contributed by atoms with Crippen LogP contribution in [-0.2, 0) is 4.79 Å². The Balaban J connectivity index is 2.19. The van der Waals surface area contributed by atoms with Gasteiger partial charge in [-0.05, 0) is 19.8 Å². The Hall–Kier alpha value is -0.240. The van der Waals surface area contributed by atoms with Crippen molar-refractivity contribution in [3.8, 4) is 0 Å². The average molecular weight is 210 g/mol. The van der Waals surface area contributed by atoms with E-state index in [0.717, 1.165) is 19.3 Å². The molecule has 0 aromatic carbocycles.